The van der Waals surface area contributed by atoms with Gasteiger partial charge in [-0.25, -0.2) is 4.79 Å². The third-order valence-electron chi connectivity index (χ3n) is 3.38. The van der Waals surface area contributed by atoms with Gasteiger partial charge in [-0.05, 0) is 23.6 Å². The van der Waals surface area contributed by atoms with Gasteiger partial charge in [-0.2, -0.15) is 13.2 Å². The van der Waals surface area contributed by atoms with Crippen LogP contribution in [0.1, 0.15) is 31.0 Å². The molecule has 1 aromatic rings. The first-order valence-electron chi connectivity index (χ1n) is 7.53. The molecule has 2 amide bonds. The van der Waals surface area contributed by atoms with Crippen molar-refractivity contribution >= 4 is 6.03 Å². The molecule has 0 aliphatic rings. The second-order valence-corrected chi connectivity index (χ2v) is 5.81. The predicted molar refractivity (Wildman–Crippen MR) is 83.4 cm³/mol. The number of carbonyl (C=O) groups excluding carboxylic acids is 1. The van der Waals surface area contributed by atoms with Crippen LogP contribution in [0.25, 0.3) is 0 Å². The van der Waals surface area contributed by atoms with E-state index in [1.54, 1.807) is 19.9 Å². The van der Waals surface area contributed by atoms with Crippen molar-refractivity contribution in [1.82, 2.24) is 10.6 Å². The van der Waals surface area contributed by atoms with Gasteiger partial charge < -0.3 is 20.5 Å². The molecule has 0 saturated heterocycles. The van der Waals surface area contributed by atoms with E-state index in [1.165, 1.54) is 13.2 Å². The van der Waals surface area contributed by atoms with Gasteiger partial charge in [-0.15, -0.1) is 0 Å². The zero-order chi connectivity index (χ0) is 18.3. The molecule has 0 radical (unpaired) electrons. The highest BCUT2D eigenvalue weighted by Crippen LogP contribution is 2.32. The summed E-state index contributed by atoms with van der Waals surface area (Å²) < 4.78 is 43.3. The summed E-state index contributed by atoms with van der Waals surface area (Å²) in [6, 6.07) is 3.72. The molecule has 2 unspecified atom stereocenters. The maximum Gasteiger partial charge on any atom is 0.416 e. The Balaban J connectivity index is 2.79. The van der Waals surface area contributed by atoms with Gasteiger partial charge in [0, 0.05) is 13.7 Å². The molecule has 0 heterocycles. The van der Waals surface area contributed by atoms with Gasteiger partial charge in [0.2, 0.25) is 0 Å². The molecule has 0 saturated carbocycles. The highest BCUT2D eigenvalue weighted by Gasteiger charge is 2.31. The Morgan fingerprint density at radius 1 is 1.33 bits per heavy atom. The van der Waals surface area contributed by atoms with Crippen LogP contribution in [0.5, 0.6) is 0 Å². The van der Waals surface area contributed by atoms with Gasteiger partial charge in [0.1, 0.15) is 0 Å². The average molecular weight is 348 g/mol. The summed E-state index contributed by atoms with van der Waals surface area (Å²) >= 11 is 0. The number of halogens is 3. The number of aliphatic hydroxyl groups is 1. The van der Waals surface area contributed by atoms with E-state index in [1.807, 2.05) is 0 Å². The fourth-order valence-electron chi connectivity index (χ4n) is 2.20. The van der Waals surface area contributed by atoms with Crippen molar-refractivity contribution in [3.05, 3.63) is 35.4 Å². The number of hydrogen-bond donors (Lipinski definition) is 3. The number of carbonyl (C=O) groups is 1. The maximum atomic E-state index is 12.8. The minimum absolute atomic E-state index is 0.0208. The van der Waals surface area contributed by atoms with E-state index in [2.05, 4.69) is 10.6 Å². The molecule has 1 aromatic carbocycles. The molecular formula is C16H23F3N2O3. The normalized spacial score (nSPS) is 14.3. The monoisotopic (exact) mass is 348 g/mol. The second-order valence-electron chi connectivity index (χ2n) is 5.81. The Kier molecular flexibility index (Phi) is 7.50. The lowest BCUT2D eigenvalue weighted by atomic mass is 9.94. The van der Waals surface area contributed by atoms with Gasteiger partial charge in [0.05, 0.1) is 24.3 Å². The Morgan fingerprint density at radius 2 is 2.00 bits per heavy atom. The van der Waals surface area contributed by atoms with Crippen molar-refractivity contribution < 1.29 is 27.8 Å². The molecule has 2 atom stereocenters. The van der Waals surface area contributed by atoms with E-state index in [9.17, 15) is 23.1 Å². The molecule has 0 aliphatic heterocycles. The number of urea groups is 1. The molecule has 0 fully saturated rings. The third kappa shape index (κ3) is 6.37. The summed E-state index contributed by atoms with van der Waals surface area (Å²) in [5, 5.41) is 14.6. The number of alkyl halides is 3. The van der Waals surface area contributed by atoms with Crippen molar-refractivity contribution in [2.24, 2.45) is 5.92 Å². The minimum Gasteiger partial charge on any atom is -0.389 e. The Morgan fingerprint density at radius 3 is 2.54 bits per heavy atom. The molecule has 3 N–H and O–H groups in total. The number of benzene rings is 1. The van der Waals surface area contributed by atoms with Crippen molar-refractivity contribution in [2.75, 3.05) is 20.3 Å². The van der Waals surface area contributed by atoms with E-state index in [0.717, 1.165) is 12.1 Å². The van der Waals surface area contributed by atoms with Crippen molar-refractivity contribution in [3.8, 4) is 0 Å². The summed E-state index contributed by atoms with van der Waals surface area (Å²) in [6.45, 7) is 3.64. The SMILES string of the molecule is COCC(O)CNC(=O)NC(c1cccc(C(F)(F)F)c1)C(C)C. The first-order valence-corrected chi connectivity index (χ1v) is 7.53. The zero-order valence-electron chi connectivity index (χ0n) is 13.9. The highest BCUT2D eigenvalue weighted by atomic mass is 19.4. The van der Waals surface area contributed by atoms with Crippen LogP contribution in [0.2, 0.25) is 0 Å². The summed E-state index contributed by atoms with van der Waals surface area (Å²) in [4.78, 5) is 11.9. The molecule has 0 aliphatic carbocycles. The highest BCUT2D eigenvalue weighted by molar-refractivity contribution is 5.74. The largest absolute Gasteiger partial charge is 0.416 e. The van der Waals surface area contributed by atoms with Crippen molar-refractivity contribution in [3.63, 3.8) is 0 Å². The lowest BCUT2D eigenvalue weighted by Gasteiger charge is -2.24. The Labute approximate surface area is 139 Å². The fraction of sp³-hybridized carbons (Fsp3) is 0.562. The quantitative estimate of drug-likeness (QED) is 0.710. The smallest absolute Gasteiger partial charge is 0.389 e. The van der Waals surface area contributed by atoms with Crippen molar-refractivity contribution in [2.45, 2.75) is 32.2 Å². The number of amides is 2. The minimum atomic E-state index is -4.44. The zero-order valence-corrected chi connectivity index (χ0v) is 13.9. The molecule has 136 valence electrons. The predicted octanol–water partition coefficient (Wildman–Crippen LogP) is 2.71. The Hall–Kier alpha value is -1.80. The first kappa shape index (κ1) is 20.2. The third-order valence-corrected chi connectivity index (χ3v) is 3.38. The number of ether oxygens (including phenoxy) is 1. The molecule has 0 bridgehead atoms. The Bertz CT molecular complexity index is 536. The number of methoxy groups -OCH3 is 1. The van der Waals surface area contributed by atoms with Crippen LogP contribution in [0.4, 0.5) is 18.0 Å². The molecular weight excluding hydrogens is 325 g/mol. The number of rotatable bonds is 7. The molecule has 5 nitrogen and oxygen atoms in total. The second kappa shape index (κ2) is 8.89. The average Bonchev–Trinajstić information content (AvgIpc) is 2.50. The molecule has 24 heavy (non-hydrogen) atoms. The van der Waals surface area contributed by atoms with Crippen LogP contribution in [0, 0.1) is 5.92 Å². The van der Waals surface area contributed by atoms with Crippen LogP contribution < -0.4 is 10.6 Å². The van der Waals surface area contributed by atoms with Crippen LogP contribution in [-0.2, 0) is 10.9 Å². The van der Waals surface area contributed by atoms with Gasteiger partial charge >= 0.3 is 12.2 Å². The summed E-state index contributed by atoms with van der Waals surface area (Å²) in [5.74, 6) is -0.122. The van der Waals surface area contributed by atoms with Crippen molar-refractivity contribution in [1.29, 1.82) is 0 Å². The first-order chi connectivity index (χ1) is 11.1. The number of nitrogens with one attached hydrogen (secondary N) is 2. The van der Waals surface area contributed by atoms with Crippen LogP contribution >= 0.6 is 0 Å². The van der Waals surface area contributed by atoms with Gasteiger partial charge in [0.25, 0.3) is 0 Å². The van der Waals surface area contributed by atoms with E-state index in [-0.39, 0.29) is 19.1 Å². The lowest BCUT2D eigenvalue weighted by molar-refractivity contribution is -0.137. The molecule has 0 aromatic heterocycles. The molecule has 0 spiro atoms. The number of hydrogen-bond acceptors (Lipinski definition) is 3. The summed E-state index contributed by atoms with van der Waals surface area (Å²) in [6.07, 6.45) is -5.30. The summed E-state index contributed by atoms with van der Waals surface area (Å²) in [7, 11) is 1.42. The van der Waals surface area contributed by atoms with Gasteiger partial charge in [-0.1, -0.05) is 26.0 Å². The maximum absolute atomic E-state index is 12.8. The van der Waals surface area contributed by atoms with E-state index >= 15 is 0 Å². The van der Waals surface area contributed by atoms with Crippen LogP contribution in [-0.4, -0.2) is 37.5 Å². The van der Waals surface area contributed by atoms with Crippen LogP contribution in [0.3, 0.4) is 0 Å². The van der Waals surface area contributed by atoms with E-state index in [4.69, 9.17) is 4.74 Å². The van der Waals surface area contributed by atoms with Gasteiger partial charge in [0.15, 0.2) is 0 Å². The van der Waals surface area contributed by atoms with Crippen LogP contribution in [0.15, 0.2) is 24.3 Å². The topological polar surface area (TPSA) is 70.6 Å². The molecule has 1 rings (SSSR count). The fourth-order valence-corrected chi connectivity index (χ4v) is 2.20. The standard InChI is InChI=1S/C16H23F3N2O3/c1-10(2)14(21-15(23)20-8-13(22)9-24-3)11-5-4-6-12(7-11)16(17,18)19/h4-7,10,13-14,22H,8-9H2,1-3H3,(H2,20,21,23). The lowest BCUT2D eigenvalue weighted by Crippen LogP contribution is -2.43. The van der Waals surface area contributed by atoms with E-state index < -0.39 is 29.9 Å². The van der Waals surface area contributed by atoms with Gasteiger partial charge in [-0.3, -0.25) is 0 Å². The summed E-state index contributed by atoms with van der Waals surface area (Å²) in [5.41, 5.74) is -0.393. The number of aliphatic hydroxyl groups excluding tert-OH is 1. The van der Waals surface area contributed by atoms with E-state index in [0.29, 0.717) is 5.56 Å². The molecule has 8 heteroatoms.